The second kappa shape index (κ2) is 13.9. The average molecular weight is 540 g/mol. The van der Waals surface area contributed by atoms with Crippen LogP contribution in [0.5, 0.6) is 0 Å². The Hall–Kier alpha value is -4.53. The van der Waals surface area contributed by atoms with Crippen LogP contribution in [-0.4, -0.2) is 54.1 Å². The van der Waals surface area contributed by atoms with Crippen molar-refractivity contribution in [2.45, 2.75) is 51.6 Å². The van der Waals surface area contributed by atoms with Crippen LogP contribution >= 0.6 is 0 Å². The van der Waals surface area contributed by atoms with E-state index >= 15 is 0 Å². The zero-order valence-electron chi connectivity index (χ0n) is 21.7. The Balaban J connectivity index is 1.87. The fourth-order valence-electron chi connectivity index (χ4n) is 4.15. The van der Waals surface area contributed by atoms with Crippen molar-refractivity contribution in [3.05, 3.63) is 64.8 Å². The quantitative estimate of drug-likeness (QED) is 0.221. The predicted molar refractivity (Wildman–Crippen MR) is 135 cm³/mol. The number of aryl methyl sites for hydroxylation is 1. The van der Waals surface area contributed by atoms with Crippen LogP contribution in [0.15, 0.2) is 46.5 Å². The van der Waals surface area contributed by atoms with Gasteiger partial charge >= 0.3 is 5.97 Å². The van der Waals surface area contributed by atoms with Gasteiger partial charge < -0.3 is 25.2 Å². The molecular weight excluding hydrogens is 509 g/mol. The van der Waals surface area contributed by atoms with Crippen LogP contribution in [0.3, 0.4) is 0 Å². The summed E-state index contributed by atoms with van der Waals surface area (Å²) in [6.07, 6.45) is 2.67. The molecule has 0 spiro atoms. The second-order valence-corrected chi connectivity index (χ2v) is 9.07. The van der Waals surface area contributed by atoms with E-state index in [1.165, 1.54) is 36.4 Å². The number of ether oxygens (including phenoxy) is 1. The fourth-order valence-corrected chi connectivity index (χ4v) is 4.15. The number of halogens is 1. The van der Waals surface area contributed by atoms with Gasteiger partial charge in [0.1, 0.15) is 29.3 Å². The first-order valence-electron chi connectivity index (χ1n) is 12.6. The summed E-state index contributed by atoms with van der Waals surface area (Å²) >= 11 is 0. The smallest absolute Gasteiger partial charge is 0.348 e. The number of aromatic nitrogens is 1. The summed E-state index contributed by atoms with van der Waals surface area (Å²) in [5.41, 5.74) is 0.209. The summed E-state index contributed by atoms with van der Waals surface area (Å²) in [5.74, 6) is -2.89. The van der Waals surface area contributed by atoms with E-state index in [1.807, 2.05) is 0 Å². The van der Waals surface area contributed by atoms with E-state index in [9.17, 15) is 28.8 Å². The Kier molecular flexibility index (Phi) is 10.3. The third-order valence-corrected chi connectivity index (χ3v) is 6.08. The van der Waals surface area contributed by atoms with Crippen LogP contribution in [0, 0.1) is 30.0 Å². The molecule has 1 aliphatic rings. The Morgan fingerprint density at radius 2 is 2.05 bits per heavy atom. The summed E-state index contributed by atoms with van der Waals surface area (Å²) < 4.78 is 23.3. The normalized spacial score (nSPS) is 16.8. The molecule has 3 atom stereocenters. The highest BCUT2D eigenvalue weighted by atomic mass is 19.1. The van der Waals surface area contributed by atoms with Gasteiger partial charge in [-0.3, -0.25) is 14.4 Å². The van der Waals surface area contributed by atoms with E-state index in [4.69, 9.17) is 9.26 Å². The van der Waals surface area contributed by atoms with Gasteiger partial charge in [-0.25, -0.2) is 9.18 Å². The lowest BCUT2D eigenvalue weighted by Crippen LogP contribution is -2.51. The molecule has 0 aliphatic carbocycles. The first-order valence-corrected chi connectivity index (χ1v) is 12.6. The number of hydrogen-bond acceptors (Lipinski definition) is 8. The Labute approximate surface area is 224 Å². The highest BCUT2D eigenvalue weighted by Gasteiger charge is 2.30. The predicted octanol–water partition coefficient (Wildman–Crippen LogP) is 1.88. The van der Waals surface area contributed by atoms with Crippen LogP contribution in [0.4, 0.5) is 4.39 Å². The van der Waals surface area contributed by atoms with Crippen LogP contribution < -0.4 is 16.0 Å². The summed E-state index contributed by atoms with van der Waals surface area (Å²) in [7, 11) is 0. The highest BCUT2D eigenvalue weighted by Crippen LogP contribution is 2.19. The third kappa shape index (κ3) is 8.49. The molecule has 1 saturated heterocycles. The van der Waals surface area contributed by atoms with Crippen LogP contribution in [-0.2, 0) is 25.5 Å². The van der Waals surface area contributed by atoms with Crippen molar-refractivity contribution >= 4 is 23.7 Å². The van der Waals surface area contributed by atoms with E-state index in [-0.39, 0.29) is 36.6 Å². The highest BCUT2D eigenvalue weighted by molar-refractivity contribution is 5.96. The number of piperidine rings is 1. The summed E-state index contributed by atoms with van der Waals surface area (Å²) in [5, 5.41) is 21.3. The zero-order valence-corrected chi connectivity index (χ0v) is 21.7. The first-order chi connectivity index (χ1) is 18.7. The maximum Gasteiger partial charge on any atom is 0.348 e. The van der Waals surface area contributed by atoms with Gasteiger partial charge in [0, 0.05) is 31.0 Å². The molecule has 39 heavy (non-hydrogen) atoms. The van der Waals surface area contributed by atoms with Gasteiger partial charge in [0.15, 0.2) is 5.69 Å². The number of rotatable bonds is 11. The van der Waals surface area contributed by atoms with Crippen molar-refractivity contribution in [1.82, 2.24) is 21.1 Å². The third-order valence-electron chi connectivity index (χ3n) is 6.08. The van der Waals surface area contributed by atoms with Gasteiger partial charge in [-0.2, -0.15) is 5.26 Å². The lowest BCUT2D eigenvalue weighted by atomic mass is 9.90. The van der Waals surface area contributed by atoms with E-state index < -0.39 is 41.6 Å². The number of nitriles is 1. The Morgan fingerprint density at radius 1 is 1.31 bits per heavy atom. The number of esters is 1. The molecule has 3 amide bonds. The maximum atomic E-state index is 13.5. The molecule has 206 valence electrons. The first kappa shape index (κ1) is 29.0. The van der Waals surface area contributed by atoms with E-state index in [2.05, 4.69) is 21.1 Å². The van der Waals surface area contributed by atoms with Crippen LogP contribution in [0.25, 0.3) is 0 Å². The van der Waals surface area contributed by atoms with Crippen molar-refractivity contribution in [3.63, 3.8) is 0 Å². The molecule has 1 aromatic carbocycles. The fraction of sp³-hybridized carbons (Fsp3) is 0.407. The molecule has 2 aromatic rings. The minimum atomic E-state index is -1.15. The van der Waals surface area contributed by atoms with Gasteiger partial charge in [0.05, 0.1) is 6.61 Å². The molecule has 3 N–H and O–H groups in total. The SMILES string of the molecule is CCOC(=O)C(C#N)=CC(CC1CCCNC1=O)NC(=O)C(Cc1ccc(F)cc1)NC(=O)c1cc(C)on1. The Morgan fingerprint density at radius 3 is 2.67 bits per heavy atom. The number of carbonyl (C=O) groups is 4. The van der Waals surface area contributed by atoms with Crippen molar-refractivity contribution in [3.8, 4) is 6.07 Å². The van der Waals surface area contributed by atoms with Gasteiger partial charge in [-0.15, -0.1) is 0 Å². The summed E-state index contributed by atoms with van der Waals surface area (Å²) in [4.78, 5) is 51.0. The molecule has 3 rings (SSSR count). The molecule has 1 aliphatic heterocycles. The molecule has 0 bridgehead atoms. The molecule has 1 aromatic heterocycles. The molecule has 11 nitrogen and oxygen atoms in total. The Bertz CT molecular complexity index is 1270. The van der Waals surface area contributed by atoms with Crippen LogP contribution in [0.1, 0.15) is 48.0 Å². The van der Waals surface area contributed by atoms with Gasteiger partial charge in [-0.1, -0.05) is 17.3 Å². The minimum Gasteiger partial charge on any atom is -0.462 e. The number of nitrogens with one attached hydrogen (secondary N) is 3. The molecule has 1 fully saturated rings. The largest absolute Gasteiger partial charge is 0.462 e. The second-order valence-electron chi connectivity index (χ2n) is 9.07. The van der Waals surface area contributed by atoms with E-state index in [0.717, 1.165) is 6.42 Å². The van der Waals surface area contributed by atoms with Gasteiger partial charge in [-0.05, 0) is 56.9 Å². The van der Waals surface area contributed by atoms with E-state index in [0.29, 0.717) is 24.3 Å². The maximum absolute atomic E-state index is 13.5. The van der Waals surface area contributed by atoms with Gasteiger partial charge in [0.25, 0.3) is 5.91 Å². The zero-order chi connectivity index (χ0) is 28.4. The number of benzene rings is 1. The average Bonchev–Trinajstić information content (AvgIpc) is 3.35. The van der Waals surface area contributed by atoms with Gasteiger partial charge in [0.2, 0.25) is 11.8 Å². The molecule has 2 heterocycles. The van der Waals surface area contributed by atoms with Crippen molar-refractivity contribution in [2.24, 2.45) is 5.92 Å². The van der Waals surface area contributed by atoms with Crippen molar-refractivity contribution in [2.75, 3.05) is 13.2 Å². The number of amides is 3. The summed E-state index contributed by atoms with van der Waals surface area (Å²) in [6.45, 7) is 3.80. The molecular formula is C27H30FN5O6. The topological polar surface area (TPSA) is 163 Å². The monoisotopic (exact) mass is 539 g/mol. The lowest BCUT2D eigenvalue weighted by Gasteiger charge is -2.27. The minimum absolute atomic E-state index is 0.00196. The van der Waals surface area contributed by atoms with E-state index in [1.54, 1.807) is 19.9 Å². The van der Waals surface area contributed by atoms with Crippen molar-refractivity contribution < 1.29 is 32.8 Å². The molecule has 3 unspecified atom stereocenters. The standard InChI is InChI=1S/C27H30FN5O6/c1-3-38-27(37)19(15-29)14-21(13-18-5-4-10-30-24(18)34)31-25(35)22(12-17-6-8-20(28)9-7-17)32-26(36)23-11-16(2)39-33-23/h6-9,11,14,18,21-22H,3-5,10,12-13H2,1-2H3,(H,30,34)(H,31,35)(H,32,36). The molecule has 0 radical (unpaired) electrons. The van der Waals surface area contributed by atoms with Crippen LogP contribution in [0.2, 0.25) is 0 Å². The number of nitrogens with zero attached hydrogens (tertiary/aromatic N) is 2. The lowest BCUT2D eigenvalue weighted by molar-refractivity contribution is -0.138. The van der Waals surface area contributed by atoms with Crippen molar-refractivity contribution in [1.29, 1.82) is 5.26 Å². The molecule has 0 saturated carbocycles. The number of hydrogen-bond donors (Lipinski definition) is 3. The molecule has 12 heteroatoms. The summed E-state index contributed by atoms with van der Waals surface area (Å²) in [6, 6.07) is 6.57. The number of carbonyl (C=O) groups excluding carboxylic acids is 4.